The molecule has 0 aliphatic carbocycles. The first-order chi connectivity index (χ1) is 13.5. The molecule has 3 aromatic rings. The van der Waals surface area contributed by atoms with Crippen LogP contribution in [0.25, 0.3) is 16.9 Å². The number of rotatable bonds is 2. The van der Waals surface area contributed by atoms with Gasteiger partial charge < -0.3 is 0 Å². The van der Waals surface area contributed by atoms with E-state index in [0.717, 1.165) is 22.9 Å². The molecule has 12 heteroatoms. The Balaban J connectivity index is 1.99. The van der Waals surface area contributed by atoms with Crippen LogP contribution in [0, 0.1) is 11.6 Å². The molecule has 2 N–H and O–H groups in total. The number of thioether (sulfide) groups is 1. The molecular formula is C17H10F5N3O2S2. The van der Waals surface area contributed by atoms with E-state index in [4.69, 9.17) is 5.14 Å². The second-order valence-electron chi connectivity index (χ2n) is 6.15. The lowest BCUT2D eigenvalue weighted by Gasteiger charge is -2.19. The van der Waals surface area contributed by atoms with Crippen LogP contribution >= 0.6 is 11.8 Å². The van der Waals surface area contributed by atoms with Gasteiger partial charge in [0.1, 0.15) is 0 Å². The van der Waals surface area contributed by atoms with E-state index in [2.05, 4.69) is 5.10 Å². The first kappa shape index (κ1) is 19.9. The minimum Gasteiger partial charge on any atom is -0.231 e. The number of hydrogen-bond donors (Lipinski definition) is 1. The maximum Gasteiger partial charge on any atom is 0.436 e. The van der Waals surface area contributed by atoms with Crippen molar-refractivity contribution in [1.82, 2.24) is 9.78 Å². The number of nitrogens with two attached hydrogens (primary N) is 1. The van der Waals surface area contributed by atoms with E-state index in [1.807, 2.05) is 0 Å². The average Bonchev–Trinajstić information content (AvgIpc) is 3.04. The molecule has 2 aromatic carbocycles. The van der Waals surface area contributed by atoms with Gasteiger partial charge in [-0.05, 0) is 36.4 Å². The zero-order valence-corrected chi connectivity index (χ0v) is 15.8. The highest BCUT2D eigenvalue weighted by molar-refractivity contribution is 7.98. The highest BCUT2D eigenvalue weighted by atomic mass is 32.2. The lowest BCUT2D eigenvalue weighted by Crippen LogP contribution is -2.12. The van der Waals surface area contributed by atoms with Crippen LogP contribution in [-0.2, 0) is 22.0 Å². The second kappa shape index (κ2) is 6.54. The predicted molar refractivity (Wildman–Crippen MR) is 94.9 cm³/mol. The van der Waals surface area contributed by atoms with Crippen LogP contribution in [-0.4, -0.2) is 18.2 Å². The first-order valence-electron chi connectivity index (χ1n) is 7.92. The zero-order chi connectivity index (χ0) is 21.1. The van der Waals surface area contributed by atoms with E-state index < -0.39 is 33.5 Å². The Kier molecular flexibility index (Phi) is 4.48. The maximum atomic E-state index is 14.2. The molecule has 2 heterocycles. The lowest BCUT2D eigenvalue weighted by atomic mass is 10.0. The molecule has 0 spiro atoms. The topological polar surface area (TPSA) is 78.0 Å². The predicted octanol–water partition coefficient (Wildman–Crippen LogP) is 4.09. The van der Waals surface area contributed by atoms with Gasteiger partial charge in [0, 0.05) is 16.9 Å². The van der Waals surface area contributed by atoms with Crippen molar-refractivity contribution in [3.05, 3.63) is 59.3 Å². The van der Waals surface area contributed by atoms with E-state index in [9.17, 15) is 30.4 Å². The average molecular weight is 447 g/mol. The third kappa shape index (κ3) is 3.30. The molecular weight excluding hydrogens is 437 g/mol. The van der Waals surface area contributed by atoms with Gasteiger partial charge in [0.15, 0.2) is 17.3 Å². The van der Waals surface area contributed by atoms with Crippen LogP contribution < -0.4 is 5.14 Å². The molecule has 0 saturated heterocycles. The molecule has 1 aliphatic rings. The Morgan fingerprint density at radius 1 is 1.07 bits per heavy atom. The van der Waals surface area contributed by atoms with Crippen molar-refractivity contribution in [1.29, 1.82) is 0 Å². The Bertz CT molecular complexity index is 1240. The summed E-state index contributed by atoms with van der Waals surface area (Å²) in [6.45, 7) is 0. The van der Waals surface area contributed by atoms with Crippen LogP contribution in [0.4, 0.5) is 22.0 Å². The second-order valence-corrected chi connectivity index (χ2v) is 8.70. The van der Waals surface area contributed by atoms with Gasteiger partial charge in [0.05, 0.1) is 21.2 Å². The SMILES string of the molecule is NS(=O)(=O)c1ccc(-n2nc(C(F)(F)F)c3c2-c2ccc(F)c(F)c2CS3)cc1. The number of alkyl halides is 3. The summed E-state index contributed by atoms with van der Waals surface area (Å²) in [7, 11) is -4.00. The molecule has 0 fully saturated rings. The monoisotopic (exact) mass is 447 g/mol. The number of primary sulfonamides is 1. The fourth-order valence-corrected chi connectivity index (χ4v) is 4.74. The smallest absolute Gasteiger partial charge is 0.231 e. The van der Waals surface area contributed by atoms with Gasteiger partial charge >= 0.3 is 6.18 Å². The number of benzene rings is 2. The Hall–Kier alpha value is -2.44. The van der Waals surface area contributed by atoms with Crippen molar-refractivity contribution < 1.29 is 30.4 Å². The first-order valence-corrected chi connectivity index (χ1v) is 10.4. The van der Waals surface area contributed by atoms with E-state index >= 15 is 0 Å². The van der Waals surface area contributed by atoms with Crippen molar-refractivity contribution in [2.24, 2.45) is 5.14 Å². The van der Waals surface area contributed by atoms with E-state index in [1.165, 1.54) is 18.2 Å². The number of hydrogen-bond acceptors (Lipinski definition) is 4. The van der Waals surface area contributed by atoms with Crippen molar-refractivity contribution in [3.63, 3.8) is 0 Å². The Labute approximate surface area is 165 Å². The number of sulfonamides is 1. The number of nitrogens with zero attached hydrogens (tertiary/aromatic N) is 2. The molecule has 29 heavy (non-hydrogen) atoms. The van der Waals surface area contributed by atoms with Gasteiger partial charge in [-0.25, -0.2) is 27.0 Å². The van der Waals surface area contributed by atoms with Crippen molar-refractivity contribution >= 4 is 21.8 Å². The van der Waals surface area contributed by atoms with Crippen LogP contribution in [0.15, 0.2) is 46.2 Å². The lowest BCUT2D eigenvalue weighted by molar-refractivity contribution is -0.143. The van der Waals surface area contributed by atoms with Gasteiger partial charge in [-0.2, -0.15) is 18.3 Å². The largest absolute Gasteiger partial charge is 0.436 e. The fourth-order valence-electron chi connectivity index (χ4n) is 3.03. The minimum absolute atomic E-state index is 0.0502. The molecule has 0 unspecified atom stereocenters. The maximum absolute atomic E-state index is 14.2. The minimum atomic E-state index is -4.78. The van der Waals surface area contributed by atoms with Gasteiger partial charge in [-0.1, -0.05) is 0 Å². The molecule has 5 nitrogen and oxygen atoms in total. The van der Waals surface area contributed by atoms with Crippen LogP contribution in [0.3, 0.4) is 0 Å². The molecule has 0 amide bonds. The summed E-state index contributed by atoms with van der Waals surface area (Å²) in [6.07, 6.45) is -4.78. The fraction of sp³-hybridized carbons (Fsp3) is 0.118. The summed E-state index contributed by atoms with van der Waals surface area (Å²) in [5.74, 6) is -2.43. The number of aromatic nitrogens is 2. The quantitative estimate of drug-likeness (QED) is 0.601. The molecule has 1 aliphatic heterocycles. The third-order valence-corrected chi connectivity index (χ3v) is 6.37. The van der Waals surface area contributed by atoms with Crippen LogP contribution in [0.2, 0.25) is 0 Å². The summed E-state index contributed by atoms with van der Waals surface area (Å²) < 4.78 is 92.1. The standard InChI is InChI=1S/C17H10F5N3O2S2/c18-12-6-5-10-11(13(12)19)7-28-15-14(10)25(24-16(15)17(20,21)22)8-1-3-9(4-2-8)29(23,26)27/h1-6H,7H2,(H2,23,26,27). The van der Waals surface area contributed by atoms with Gasteiger partial charge in [-0.15, -0.1) is 11.8 Å². The number of fused-ring (bicyclic) bond motifs is 3. The highest BCUT2D eigenvalue weighted by Crippen LogP contribution is 2.49. The molecule has 152 valence electrons. The molecule has 0 bridgehead atoms. The zero-order valence-electron chi connectivity index (χ0n) is 14.2. The molecule has 1 aromatic heterocycles. The van der Waals surface area contributed by atoms with Crippen molar-refractivity contribution in [2.45, 2.75) is 21.7 Å². The van der Waals surface area contributed by atoms with E-state index in [1.54, 1.807) is 0 Å². The summed E-state index contributed by atoms with van der Waals surface area (Å²) >= 11 is 0.705. The van der Waals surface area contributed by atoms with Crippen molar-refractivity contribution in [2.75, 3.05) is 0 Å². The summed E-state index contributed by atoms with van der Waals surface area (Å²) in [6, 6.07) is 6.73. The summed E-state index contributed by atoms with van der Waals surface area (Å²) in [5, 5.41) is 8.68. The Morgan fingerprint density at radius 2 is 1.72 bits per heavy atom. The van der Waals surface area contributed by atoms with Crippen LogP contribution in [0.1, 0.15) is 11.3 Å². The van der Waals surface area contributed by atoms with Gasteiger partial charge in [0.25, 0.3) is 0 Å². The van der Waals surface area contributed by atoms with Crippen LogP contribution in [0.5, 0.6) is 0 Å². The van der Waals surface area contributed by atoms with Crippen molar-refractivity contribution in [3.8, 4) is 16.9 Å². The molecule has 4 rings (SSSR count). The van der Waals surface area contributed by atoms with Gasteiger partial charge in [0.2, 0.25) is 10.0 Å². The normalized spacial score (nSPS) is 13.9. The molecule has 0 radical (unpaired) electrons. The highest BCUT2D eigenvalue weighted by Gasteiger charge is 2.42. The molecule has 0 atom stereocenters. The third-order valence-electron chi connectivity index (χ3n) is 4.33. The van der Waals surface area contributed by atoms with Gasteiger partial charge in [-0.3, -0.25) is 0 Å². The summed E-state index contributed by atoms with van der Waals surface area (Å²) in [4.78, 5) is -0.451. The van der Waals surface area contributed by atoms with E-state index in [-0.39, 0.29) is 38.1 Å². The Morgan fingerprint density at radius 3 is 2.31 bits per heavy atom. The molecule has 0 saturated carbocycles. The number of halogens is 5. The summed E-state index contributed by atoms with van der Waals surface area (Å²) in [5.41, 5.74) is -1.11. The van der Waals surface area contributed by atoms with E-state index in [0.29, 0.717) is 11.8 Å².